The summed E-state index contributed by atoms with van der Waals surface area (Å²) in [6.07, 6.45) is 4.01. The van der Waals surface area contributed by atoms with Crippen molar-refractivity contribution in [3.05, 3.63) is 18.2 Å². The van der Waals surface area contributed by atoms with Crippen molar-refractivity contribution in [1.82, 2.24) is 5.32 Å². The summed E-state index contributed by atoms with van der Waals surface area (Å²) in [5, 5.41) is 3.64. The van der Waals surface area contributed by atoms with Crippen molar-refractivity contribution in [1.29, 1.82) is 0 Å². The minimum atomic E-state index is 0.767. The lowest BCUT2D eigenvalue weighted by Crippen LogP contribution is -2.27. The second kappa shape index (κ2) is 5.92. The van der Waals surface area contributed by atoms with Crippen molar-refractivity contribution >= 4 is 5.69 Å². The van der Waals surface area contributed by atoms with E-state index in [9.17, 15) is 0 Å². The molecule has 1 atom stereocenters. The van der Waals surface area contributed by atoms with Gasteiger partial charge in [0, 0.05) is 30.9 Å². The van der Waals surface area contributed by atoms with Crippen LogP contribution < -0.4 is 19.7 Å². The van der Waals surface area contributed by atoms with E-state index in [4.69, 9.17) is 9.47 Å². The first-order valence-electron chi connectivity index (χ1n) is 7.50. The normalized spacial score (nSPS) is 22.1. The number of methoxy groups -OCH3 is 2. The lowest BCUT2D eigenvalue weighted by atomic mass is 10.1. The van der Waals surface area contributed by atoms with Crippen LogP contribution in [0.2, 0.25) is 0 Å². The number of nitrogens with zero attached hydrogens (tertiary/aromatic N) is 1. The van der Waals surface area contributed by atoms with E-state index >= 15 is 0 Å². The van der Waals surface area contributed by atoms with E-state index in [2.05, 4.69) is 22.3 Å². The number of ether oxygens (including phenoxy) is 2. The van der Waals surface area contributed by atoms with Crippen molar-refractivity contribution in [2.45, 2.75) is 25.3 Å². The molecule has 20 heavy (non-hydrogen) atoms. The Labute approximate surface area is 121 Å². The van der Waals surface area contributed by atoms with Crippen molar-refractivity contribution in [3.63, 3.8) is 0 Å². The molecule has 1 saturated carbocycles. The molecule has 0 aromatic heterocycles. The average molecular weight is 276 g/mol. The minimum Gasteiger partial charge on any atom is -0.493 e. The largest absolute Gasteiger partial charge is 0.493 e. The standard InChI is InChI=1S/C16H24N2O2/c1-19-15-6-5-14(9-16(15)20-2)18-8-7-12(11-18)10-17-13-3-4-13/h5-6,9,12-13,17H,3-4,7-8,10-11H2,1-2H3. The van der Waals surface area contributed by atoms with Crippen LogP contribution in [-0.2, 0) is 0 Å². The van der Waals surface area contributed by atoms with Gasteiger partial charge in [0.15, 0.2) is 11.5 Å². The van der Waals surface area contributed by atoms with E-state index in [0.29, 0.717) is 0 Å². The third-order valence-electron chi connectivity index (χ3n) is 4.29. The Balaban J connectivity index is 1.61. The summed E-state index contributed by atoms with van der Waals surface area (Å²) in [4.78, 5) is 2.45. The van der Waals surface area contributed by atoms with Crippen LogP contribution in [0, 0.1) is 5.92 Å². The zero-order chi connectivity index (χ0) is 13.9. The maximum atomic E-state index is 5.39. The molecule has 1 N–H and O–H groups in total. The molecule has 0 radical (unpaired) electrons. The van der Waals surface area contributed by atoms with Gasteiger partial charge in [-0.3, -0.25) is 0 Å². The van der Waals surface area contributed by atoms with Gasteiger partial charge in [-0.2, -0.15) is 0 Å². The zero-order valence-corrected chi connectivity index (χ0v) is 12.4. The van der Waals surface area contributed by atoms with Crippen LogP contribution in [0.3, 0.4) is 0 Å². The van der Waals surface area contributed by atoms with Crippen LogP contribution in [-0.4, -0.2) is 39.9 Å². The molecule has 1 aliphatic heterocycles. The van der Waals surface area contributed by atoms with Gasteiger partial charge >= 0.3 is 0 Å². The highest BCUT2D eigenvalue weighted by molar-refractivity contribution is 5.56. The molecule has 1 aromatic carbocycles. The molecule has 1 unspecified atom stereocenters. The van der Waals surface area contributed by atoms with E-state index in [1.807, 2.05) is 6.07 Å². The highest BCUT2D eigenvalue weighted by atomic mass is 16.5. The Morgan fingerprint density at radius 1 is 1.15 bits per heavy atom. The molecule has 0 amide bonds. The molecule has 4 nitrogen and oxygen atoms in total. The summed E-state index contributed by atoms with van der Waals surface area (Å²) in [5.41, 5.74) is 1.23. The fourth-order valence-electron chi connectivity index (χ4n) is 2.88. The van der Waals surface area contributed by atoms with E-state index in [1.54, 1.807) is 14.2 Å². The predicted octanol–water partition coefficient (Wildman–Crippen LogP) is 2.28. The van der Waals surface area contributed by atoms with Gasteiger partial charge in [-0.15, -0.1) is 0 Å². The SMILES string of the molecule is COc1ccc(N2CCC(CNC3CC3)C2)cc1OC. The summed E-state index contributed by atoms with van der Waals surface area (Å²) in [5.74, 6) is 2.37. The molecule has 3 rings (SSSR count). The van der Waals surface area contributed by atoms with Gasteiger partial charge in [0.25, 0.3) is 0 Å². The van der Waals surface area contributed by atoms with Gasteiger partial charge in [0.05, 0.1) is 14.2 Å². The van der Waals surface area contributed by atoms with Crippen LogP contribution >= 0.6 is 0 Å². The lowest BCUT2D eigenvalue weighted by molar-refractivity contribution is 0.355. The van der Waals surface area contributed by atoms with Crippen molar-refractivity contribution in [2.75, 3.05) is 38.8 Å². The van der Waals surface area contributed by atoms with Gasteiger partial charge < -0.3 is 19.7 Å². The molecule has 1 aliphatic carbocycles. The maximum absolute atomic E-state index is 5.39. The minimum absolute atomic E-state index is 0.767. The van der Waals surface area contributed by atoms with Crippen LogP contribution in [0.1, 0.15) is 19.3 Å². The highest BCUT2D eigenvalue weighted by Crippen LogP contribution is 2.33. The fraction of sp³-hybridized carbons (Fsp3) is 0.625. The lowest BCUT2D eigenvalue weighted by Gasteiger charge is -2.20. The average Bonchev–Trinajstić information content (AvgIpc) is 3.21. The number of benzene rings is 1. The molecule has 0 spiro atoms. The van der Waals surface area contributed by atoms with E-state index < -0.39 is 0 Å². The van der Waals surface area contributed by atoms with Crippen LogP contribution in [0.25, 0.3) is 0 Å². The van der Waals surface area contributed by atoms with Gasteiger partial charge in [-0.05, 0) is 43.9 Å². The predicted molar refractivity (Wildman–Crippen MR) is 80.9 cm³/mol. The van der Waals surface area contributed by atoms with Crippen LogP contribution in [0.4, 0.5) is 5.69 Å². The molecule has 2 fully saturated rings. The van der Waals surface area contributed by atoms with Gasteiger partial charge in [0.1, 0.15) is 0 Å². The smallest absolute Gasteiger partial charge is 0.162 e. The summed E-state index contributed by atoms with van der Waals surface area (Å²) < 4.78 is 10.7. The number of rotatable bonds is 6. The van der Waals surface area contributed by atoms with E-state index in [1.165, 1.54) is 24.9 Å². The quantitative estimate of drug-likeness (QED) is 0.864. The first-order valence-corrected chi connectivity index (χ1v) is 7.50. The van der Waals surface area contributed by atoms with Crippen LogP contribution in [0.15, 0.2) is 18.2 Å². The summed E-state index contributed by atoms with van der Waals surface area (Å²) in [7, 11) is 3.36. The molecule has 1 aromatic rings. The number of hydrogen-bond donors (Lipinski definition) is 1. The number of nitrogens with one attached hydrogen (secondary N) is 1. The second-order valence-corrected chi connectivity index (χ2v) is 5.82. The summed E-state index contributed by atoms with van der Waals surface area (Å²) >= 11 is 0. The summed E-state index contributed by atoms with van der Waals surface area (Å²) in [6, 6.07) is 7.00. The van der Waals surface area contributed by atoms with Crippen molar-refractivity contribution in [3.8, 4) is 11.5 Å². The topological polar surface area (TPSA) is 33.7 Å². The van der Waals surface area contributed by atoms with Crippen molar-refractivity contribution in [2.24, 2.45) is 5.92 Å². The zero-order valence-electron chi connectivity index (χ0n) is 12.4. The maximum Gasteiger partial charge on any atom is 0.162 e. The monoisotopic (exact) mass is 276 g/mol. The first kappa shape index (κ1) is 13.6. The molecule has 2 aliphatic rings. The molecule has 1 heterocycles. The highest BCUT2D eigenvalue weighted by Gasteiger charge is 2.26. The molecule has 1 saturated heterocycles. The number of anilines is 1. The summed E-state index contributed by atoms with van der Waals surface area (Å²) in [6.45, 7) is 3.43. The molecule has 4 heteroatoms. The fourth-order valence-corrected chi connectivity index (χ4v) is 2.88. The Hall–Kier alpha value is -1.42. The molecular weight excluding hydrogens is 252 g/mol. The van der Waals surface area contributed by atoms with E-state index in [-0.39, 0.29) is 0 Å². The Morgan fingerprint density at radius 2 is 1.95 bits per heavy atom. The third kappa shape index (κ3) is 3.01. The molecular formula is C16H24N2O2. The van der Waals surface area contributed by atoms with E-state index in [0.717, 1.165) is 43.1 Å². The van der Waals surface area contributed by atoms with Crippen LogP contribution in [0.5, 0.6) is 11.5 Å². The first-order chi connectivity index (χ1) is 9.80. The van der Waals surface area contributed by atoms with Gasteiger partial charge in [-0.1, -0.05) is 0 Å². The van der Waals surface area contributed by atoms with Gasteiger partial charge in [0.2, 0.25) is 0 Å². The number of hydrogen-bond acceptors (Lipinski definition) is 4. The Bertz CT molecular complexity index is 460. The second-order valence-electron chi connectivity index (χ2n) is 5.82. The third-order valence-corrected chi connectivity index (χ3v) is 4.29. The molecule has 110 valence electrons. The van der Waals surface area contributed by atoms with Crippen molar-refractivity contribution < 1.29 is 9.47 Å². The van der Waals surface area contributed by atoms with Gasteiger partial charge in [-0.25, -0.2) is 0 Å². The Kier molecular flexibility index (Phi) is 4.01. The molecule has 0 bridgehead atoms. The Morgan fingerprint density at radius 3 is 2.65 bits per heavy atom.